The second-order valence-electron chi connectivity index (χ2n) is 4.23. The smallest absolute Gasteiger partial charge is 0.277 e. The van der Waals surface area contributed by atoms with Gasteiger partial charge in [-0.3, -0.25) is 10.1 Å². The summed E-state index contributed by atoms with van der Waals surface area (Å²) in [5, 5.41) is 20.8. The molecule has 7 heteroatoms. The second kappa shape index (κ2) is 6.89. The molecule has 0 aromatic heterocycles. The number of nitro groups is 1. The number of rotatable bonds is 5. The molecule has 2 aromatic carbocycles. The average Bonchev–Trinajstić information content (AvgIpc) is 2.46. The molecule has 0 unspecified atom stereocenters. The first-order chi connectivity index (χ1) is 10.0. The fourth-order valence-corrected chi connectivity index (χ4v) is 2.34. The van der Waals surface area contributed by atoms with E-state index in [1.54, 1.807) is 30.3 Å². The molecule has 0 bridgehead atoms. The van der Waals surface area contributed by atoms with Crippen molar-refractivity contribution in [3.05, 3.63) is 67.1 Å². The third-order valence-corrected chi connectivity index (χ3v) is 3.55. The van der Waals surface area contributed by atoms with Crippen molar-refractivity contribution in [1.82, 2.24) is 0 Å². The zero-order valence-corrected chi connectivity index (χ0v) is 13.1. The van der Waals surface area contributed by atoms with E-state index in [2.05, 4.69) is 15.9 Å². The molecule has 110 valence electrons. The lowest BCUT2D eigenvalue weighted by Gasteiger charge is -2.11. The number of benzene rings is 2. The maximum atomic E-state index is 11.0. The predicted molar refractivity (Wildman–Crippen MR) is 82.5 cm³/mol. The van der Waals surface area contributed by atoms with Crippen LogP contribution in [-0.4, -0.2) is 10.0 Å². The monoisotopic (exact) mass is 371 g/mol. The normalized spacial score (nSPS) is 10.4. The van der Waals surface area contributed by atoms with E-state index in [-0.39, 0.29) is 18.9 Å². The van der Waals surface area contributed by atoms with Gasteiger partial charge in [-0.1, -0.05) is 27.5 Å². The first kappa shape index (κ1) is 15.8. The highest BCUT2D eigenvalue weighted by atomic mass is 79.9. The summed E-state index contributed by atoms with van der Waals surface area (Å²) >= 11 is 9.03. The van der Waals surface area contributed by atoms with E-state index < -0.39 is 4.92 Å². The molecule has 0 aliphatic carbocycles. The number of hydrogen-bond acceptors (Lipinski definition) is 4. The van der Waals surface area contributed by atoms with Crippen LogP contribution in [0.1, 0.15) is 11.1 Å². The van der Waals surface area contributed by atoms with Crippen LogP contribution in [0, 0.1) is 10.1 Å². The van der Waals surface area contributed by atoms with E-state index in [0.29, 0.717) is 26.4 Å². The Morgan fingerprint density at radius 2 is 2.00 bits per heavy atom. The van der Waals surface area contributed by atoms with Crippen molar-refractivity contribution < 1.29 is 14.8 Å². The van der Waals surface area contributed by atoms with Gasteiger partial charge in [-0.25, -0.2) is 0 Å². The van der Waals surface area contributed by atoms with Crippen molar-refractivity contribution in [3.8, 4) is 5.75 Å². The first-order valence-electron chi connectivity index (χ1n) is 5.96. The van der Waals surface area contributed by atoms with Gasteiger partial charge in [0.05, 0.1) is 17.1 Å². The molecule has 0 amide bonds. The number of aliphatic hydroxyl groups is 1. The van der Waals surface area contributed by atoms with E-state index in [0.717, 1.165) is 0 Å². The summed E-state index contributed by atoms with van der Waals surface area (Å²) in [6, 6.07) is 9.60. The number of nitro benzene ring substituents is 1. The van der Waals surface area contributed by atoms with Gasteiger partial charge >= 0.3 is 0 Å². The van der Waals surface area contributed by atoms with Crippen molar-refractivity contribution in [2.45, 2.75) is 13.2 Å². The van der Waals surface area contributed by atoms with Gasteiger partial charge in [0.15, 0.2) is 0 Å². The molecular formula is C14H11BrClNO4. The van der Waals surface area contributed by atoms with Gasteiger partial charge in [-0.15, -0.1) is 0 Å². The van der Waals surface area contributed by atoms with E-state index in [9.17, 15) is 15.2 Å². The Labute approximate surface area is 134 Å². The molecule has 0 aliphatic heterocycles. The van der Waals surface area contributed by atoms with Crippen LogP contribution in [0.25, 0.3) is 0 Å². The molecule has 2 aromatic rings. The van der Waals surface area contributed by atoms with Gasteiger partial charge in [0, 0.05) is 21.1 Å². The summed E-state index contributed by atoms with van der Waals surface area (Å²) in [5.74, 6) is 0.444. The minimum Gasteiger partial charge on any atom is -0.488 e. The minimum atomic E-state index is -0.460. The number of hydrogen-bond donors (Lipinski definition) is 1. The van der Waals surface area contributed by atoms with Crippen LogP contribution in [-0.2, 0) is 13.2 Å². The maximum Gasteiger partial charge on any atom is 0.277 e. The Hall–Kier alpha value is -1.63. The number of aliphatic hydroxyl groups excluding tert-OH is 1. The van der Waals surface area contributed by atoms with Gasteiger partial charge in [0.1, 0.15) is 12.4 Å². The fourth-order valence-electron chi connectivity index (χ4n) is 1.80. The third-order valence-electron chi connectivity index (χ3n) is 2.82. The molecule has 0 atom stereocenters. The Kier molecular flexibility index (Phi) is 5.17. The summed E-state index contributed by atoms with van der Waals surface area (Å²) in [6.07, 6.45) is 0. The summed E-state index contributed by atoms with van der Waals surface area (Å²) in [6.45, 7) is -0.198. The molecule has 0 aliphatic rings. The quantitative estimate of drug-likeness (QED) is 0.634. The van der Waals surface area contributed by atoms with Crippen molar-refractivity contribution in [3.63, 3.8) is 0 Å². The molecule has 5 nitrogen and oxygen atoms in total. The molecular weight excluding hydrogens is 362 g/mol. The molecule has 0 fully saturated rings. The zero-order valence-electron chi connectivity index (χ0n) is 10.8. The Bertz CT molecular complexity index is 678. The highest BCUT2D eigenvalue weighted by Crippen LogP contribution is 2.27. The summed E-state index contributed by atoms with van der Waals surface area (Å²) in [5.41, 5.74) is 0.952. The third kappa shape index (κ3) is 3.93. The van der Waals surface area contributed by atoms with E-state index in [1.165, 1.54) is 6.07 Å². The van der Waals surface area contributed by atoms with Crippen LogP contribution in [0.5, 0.6) is 5.75 Å². The number of ether oxygens (including phenoxy) is 1. The van der Waals surface area contributed by atoms with Crippen LogP contribution in [0.3, 0.4) is 0 Å². The lowest BCUT2D eigenvalue weighted by Crippen LogP contribution is -2.02. The topological polar surface area (TPSA) is 72.6 Å². The van der Waals surface area contributed by atoms with E-state index in [1.807, 2.05) is 0 Å². The molecule has 0 heterocycles. The Balaban J connectivity index is 2.22. The molecule has 0 saturated carbocycles. The molecule has 21 heavy (non-hydrogen) atoms. The SMILES string of the molecule is O=[N+]([O-])c1cc(Br)ccc1COc1ccc(Cl)cc1CO. The molecule has 0 saturated heterocycles. The summed E-state index contributed by atoms with van der Waals surface area (Å²) in [4.78, 5) is 10.6. The Morgan fingerprint density at radius 3 is 2.67 bits per heavy atom. The molecule has 2 rings (SSSR count). The molecule has 0 radical (unpaired) electrons. The van der Waals surface area contributed by atoms with Crippen LogP contribution in [0.4, 0.5) is 5.69 Å². The van der Waals surface area contributed by atoms with Crippen molar-refractivity contribution in [2.24, 2.45) is 0 Å². The minimum absolute atomic E-state index is 0.0242. The van der Waals surface area contributed by atoms with Gasteiger partial charge in [-0.2, -0.15) is 0 Å². The van der Waals surface area contributed by atoms with Gasteiger partial charge in [-0.05, 0) is 30.3 Å². The van der Waals surface area contributed by atoms with E-state index in [4.69, 9.17) is 16.3 Å². The number of nitrogens with zero attached hydrogens (tertiary/aromatic N) is 1. The maximum absolute atomic E-state index is 11.0. The standard InChI is InChI=1S/C14H11BrClNO4/c15-11-2-1-9(13(6-11)17(19)20)8-21-14-4-3-12(16)5-10(14)7-18/h1-6,18H,7-8H2. The van der Waals surface area contributed by atoms with Crippen LogP contribution in [0.15, 0.2) is 40.9 Å². The largest absolute Gasteiger partial charge is 0.488 e. The highest BCUT2D eigenvalue weighted by molar-refractivity contribution is 9.10. The second-order valence-corrected chi connectivity index (χ2v) is 5.58. The molecule has 0 spiro atoms. The highest BCUT2D eigenvalue weighted by Gasteiger charge is 2.15. The fraction of sp³-hybridized carbons (Fsp3) is 0.143. The van der Waals surface area contributed by atoms with Crippen molar-refractivity contribution >= 4 is 33.2 Å². The lowest BCUT2D eigenvalue weighted by molar-refractivity contribution is -0.385. The average molecular weight is 373 g/mol. The van der Waals surface area contributed by atoms with Crippen LogP contribution in [0.2, 0.25) is 5.02 Å². The number of halogens is 2. The van der Waals surface area contributed by atoms with Crippen molar-refractivity contribution in [1.29, 1.82) is 0 Å². The van der Waals surface area contributed by atoms with Crippen molar-refractivity contribution in [2.75, 3.05) is 0 Å². The Morgan fingerprint density at radius 1 is 1.24 bits per heavy atom. The molecule has 1 N–H and O–H groups in total. The van der Waals surface area contributed by atoms with E-state index >= 15 is 0 Å². The lowest BCUT2D eigenvalue weighted by atomic mass is 10.2. The van der Waals surface area contributed by atoms with Gasteiger partial charge in [0.25, 0.3) is 5.69 Å². The first-order valence-corrected chi connectivity index (χ1v) is 7.13. The van der Waals surface area contributed by atoms with Gasteiger partial charge in [0.2, 0.25) is 0 Å². The van der Waals surface area contributed by atoms with Gasteiger partial charge < -0.3 is 9.84 Å². The van der Waals surface area contributed by atoms with Crippen LogP contribution >= 0.6 is 27.5 Å². The zero-order chi connectivity index (χ0) is 15.4. The summed E-state index contributed by atoms with van der Waals surface area (Å²) < 4.78 is 6.19. The summed E-state index contributed by atoms with van der Waals surface area (Å²) in [7, 11) is 0. The van der Waals surface area contributed by atoms with Crippen LogP contribution < -0.4 is 4.74 Å². The predicted octanol–water partition coefficient (Wildman–Crippen LogP) is 4.08.